The number of benzene rings is 1. The van der Waals surface area contributed by atoms with Gasteiger partial charge in [0.1, 0.15) is 5.75 Å². The third-order valence-corrected chi connectivity index (χ3v) is 3.04. The Morgan fingerprint density at radius 2 is 1.94 bits per heavy atom. The molecule has 18 heavy (non-hydrogen) atoms. The summed E-state index contributed by atoms with van der Waals surface area (Å²) in [7, 11) is 1.68. The molecule has 0 aliphatic rings. The zero-order chi connectivity index (χ0) is 12.8. The lowest BCUT2D eigenvalue weighted by Crippen LogP contribution is -2.23. The Bertz CT molecular complexity index is 448. The first-order valence-corrected chi connectivity index (χ1v) is 6.17. The standard InChI is InChI=1S/C15H19NO2/c1-17-15-6-3-12(4-7-15)2-5-14(16)10-13-8-9-18-11-13/h3-4,6-9,11,14H,2,5,10,16H2,1H3. The van der Waals surface area contributed by atoms with Crippen LogP contribution in [0.4, 0.5) is 0 Å². The van der Waals surface area contributed by atoms with E-state index in [0.717, 1.165) is 30.6 Å². The molecule has 0 aliphatic heterocycles. The minimum Gasteiger partial charge on any atom is -0.497 e. The maximum Gasteiger partial charge on any atom is 0.118 e. The maximum atomic E-state index is 6.10. The molecule has 1 atom stereocenters. The normalized spacial score (nSPS) is 12.3. The third-order valence-electron chi connectivity index (χ3n) is 3.04. The Morgan fingerprint density at radius 3 is 2.56 bits per heavy atom. The molecule has 2 aromatic rings. The molecule has 1 unspecified atom stereocenters. The first-order chi connectivity index (χ1) is 8.78. The van der Waals surface area contributed by atoms with Gasteiger partial charge in [-0.3, -0.25) is 0 Å². The van der Waals surface area contributed by atoms with E-state index in [1.165, 1.54) is 5.56 Å². The van der Waals surface area contributed by atoms with Crippen molar-refractivity contribution < 1.29 is 9.15 Å². The van der Waals surface area contributed by atoms with Crippen molar-refractivity contribution in [2.45, 2.75) is 25.3 Å². The van der Waals surface area contributed by atoms with Crippen LogP contribution in [0.2, 0.25) is 0 Å². The van der Waals surface area contributed by atoms with Crippen LogP contribution in [0.3, 0.4) is 0 Å². The van der Waals surface area contributed by atoms with Gasteiger partial charge in [-0.25, -0.2) is 0 Å². The minimum atomic E-state index is 0.171. The number of nitrogens with two attached hydrogens (primary N) is 1. The zero-order valence-electron chi connectivity index (χ0n) is 10.6. The Hall–Kier alpha value is -1.74. The van der Waals surface area contributed by atoms with Gasteiger partial charge in [0.15, 0.2) is 0 Å². The molecule has 0 radical (unpaired) electrons. The highest BCUT2D eigenvalue weighted by molar-refractivity contribution is 5.27. The number of hydrogen-bond acceptors (Lipinski definition) is 3. The topological polar surface area (TPSA) is 48.4 Å². The van der Waals surface area contributed by atoms with E-state index in [1.54, 1.807) is 19.6 Å². The van der Waals surface area contributed by atoms with E-state index in [0.29, 0.717) is 0 Å². The van der Waals surface area contributed by atoms with E-state index in [4.69, 9.17) is 14.9 Å². The second kappa shape index (κ2) is 6.26. The molecule has 0 bridgehead atoms. The van der Waals surface area contributed by atoms with Gasteiger partial charge in [0.05, 0.1) is 19.6 Å². The number of ether oxygens (including phenoxy) is 1. The predicted molar refractivity (Wildman–Crippen MR) is 71.7 cm³/mol. The molecule has 1 aromatic heterocycles. The molecule has 0 saturated heterocycles. The summed E-state index contributed by atoms with van der Waals surface area (Å²) < 4.78 is 10.2. The number of hydrogen-bond donors (Lipinski definition) is 1. The van der Waals surface area contributed by atoms with Crippen LogP contribution in [0, 0.1) is 0 Å². The molecule has 1 heterocycles. The molecule has 96 valence electrons. The van der Waals surface area contributed by atoms with Gasteiger partial charge in [-0.2, -0.15) is 0 Å². The Morgan fingerprint density at radius 1 is 1.17 bits per heavy atom. The lowest BCUT2D eigenvalue weighted by molar-refractivity contribution is 0.414. The molecule has 0 saturated carbocycles. The van der Waals surface area contributed by atoms with Crippen molar-refractivity contribution in [2.75, 3.05) is 7.11 Å². The monoisotopic (exact) mass is 245 g/mol. The van der Waals surface area contributed by atoms with E-state index in [2.05, 4.69) is 12.1 Å². The Labute approximate surface area is 108 Å². The molecule has 0 spiro atoms. The minimum absolute atomic E-state index is 0.171. The summed E-state index contributed by atoms with van der Waals surface area (Å²) in [5, 5.41) is 0. The van der Waals surface area contributed by atoms with Crippen LogP contribution in [0.1, 0.15) is 17.5 Å². The van der Waals surface area contributed by atoms with E-state index < -0.39 is 0 Å². The first kappa shape index (κ1) is 12.7. The highest BCUT2D eigenvalue weighted by Gasteiger charge is 2.05. The summed E-state index contributed by atoms with van der Waals surface area (Å²) in [4.78, 5) is 0. The number of aryl methyl sites for hydroxylation is 1. The summed E-state index contributed by atoms with van der Waals surface area (Å²) in [6.07, 6.45) is 6.27. The van der Waals surface area contributed by atoms with Crippen LogP contribution < -0.4 is 10.5 Å². The van der Waals surface area contributed by atoms with E-state index in [-0.39, 0.29) is 6.04 Å². The van der Waals surface area contributed by atoms with Crippen LogP contribution in [-0.4, -0.2) is 13.2 Å². The van der Waals surface area contributed by atoms with Crippen LogP contribution in [0.25, 0.3) is 0 Å². The summed E-state index contributed by atoms with van der Waals surface area (Å²) in [6, 6.07) is 10.3. The van der Waals surface area contributed by atoms with Crippen LogP contribution in [-0.2, 0) is 12.8 Å². The van der Waals surface area contributed by atoms with Gasteiger partial charge in [-0.05, 0) is 48.6 Å². The van der Waals surface area contributed by atoms with Crippen LogP contribution in [0.5, 0.6) is 5.75 Å². The van der Waals surface area contributed by atoms with Crippen molar-refractivity contribution in [1.82, 2.24) is 0 Å². The highest BCUT2D eigenvalue weighted by Crippen LogP contribution is 2.14. The highest BCUT2D eigenvalue weighted by atomic mass is 16.5. The number of rotatable bonds is 6. The molecular formula is C15H19NO2. The molecule has 0 aliphatic carbocycles. The van der Waals surface area contributed by atoms with E-state index in [1.807, 2.05) is 18.2 Å². The van der Waals surface area contributed by atoms with Crippen LogP contribution in [0.15, 0.2) is 47.3 Å². The second-order valence-electron chi connectivity index (χ2n) is 4.48. The van der Waals surface area contributed by atoms with Gasteiger partial charge in [0, 0.05) is 6.04 Å². The van der Waals surface area contributed by atoms with Crippen molar-refractivity contribution in [2.24, 2.45) is 5.73 Å². The third kappa shape index (κ3) is 3.64. The number of methoxy groups -OCH3 is 1. The van der Waals surface area contributed by atoms with Gasteiger partial charge in [0.25, 0.3) is 0 Å². The van der Waals surface area contributed by atoms with Crippen LogP contribution >= 0.6 is 0 Å². The summed E-state index contributed by atoms with van der Waals surface area (Å²) in [5.74, 6) is 0.890. The first-order valence-electron chi connectivity index (χ1n) is 6.17. The largest absolute Gasteiger partial charge is 0.497 e. The Balaban J connectivity index is 1.79. The predicted octanol–water partition coefficient (Wildman–Crippen LogP) is 2.79. The average molecular weight is 245 g/mol. The lowest BCUT2D eigenvalue weighted by atomic mass is 10.0. The molecule has 1 aromatic carbocycles. The van der Waals surface area contributed by atoms with Gasteiger partial charge in [-0.15, -0.1) is 0 Å². The molecule has 3 heteroatoms. The fraction of sp³-hybridized carbons (Fsp3) is 0.333. The quantitative estimate of drug-likeness (QED) is 0.851. The molecule has 0 fully saturated rings. The molecular weight excluding hydrogens is 226 g/mol. The fourth-order valence-electron chi connectivity index (χ4n) is 1.96. The summed E-state index contributed by atoms with van der Waals surface area (Å²) in [5.41, 5.74) is 8.56. The van der Waals surface area contributed by atoms with E-state index >= 15 is 0 Å². The van der Waals surface area contributed by atoms with E-state index in [9.17, 15) is 0 Å². The van der Waals surface area contributed by atoms with Crippen molar-refractivity contribution in [1.29, 1.82) is 0 Å². The van der Waals surface area contributed by atoms with Crippen molar-refractivity contribution in [3.05, 3.63) is 54.0 Å². The lowest BCUT2D eigenvalue weighted by Gasteiger charge is -2.10. The maximum absolute atomic E-state index is 6.10. The fourth-order valence-corrected chi connectivity index (χ4v) is 1.96. The van der Waals surface area contributed by atoms with Gasteiger partial charge in [0.2, 0.25) is 0 Å². The van der Waals surface area contributed by atoms with Crippen molar-refractivity contribution >= 4 is 0 Å². The molecule has 2 N–H and O–H groups in total. The van der Waals surface area contributed by atoms with Gasteiger partial charge < -0.3 is 14.9 Å². The van der Waals surface area contributed by atoms with Crippen molar-refractivity contribution in [3.63, 3.8) is 0 Å². The average Bonchev–Trinajstić information content (AvgIpc) is 2.90. The molecule has 2 rings (SSSR count). The summed E-state index contributed by atoms with van der Waals surface area (Å²) >= 11 is 0. The number of furan rings is 1. The van der Waals surface area contributed by atoms with Crippen molar-refractivity contribution in [3.8, 4) is 5.75 Å². The summed E-state index contributed by atoms with van der Waals surface area (Å²) in [6.45, 7) is 0. The molecule has 3 nitrogen and oxygen atoms in total. The molecule has 0 amide bonds. The zero-order valence-corrected chi connectivity index (χ0v) is 10.6. The van der Waals surface area contributed by atoms with Gasteiger partial charge in [-0.1, -0.05) is 12.1 Å². The van der Waals surface area contributed by atoms with Gasteiger partial charge >= 0.3 is 0 Å². The smallest absolute Gasteiger partial charge is 0.118 e. The SMILES string of the molecule is COc1ccc(CCC(N)Cc2ccoc2)cc1. The second-order valence-corrected chi connectivity index (χ2v) is 4.48. The Kier molecular flexibility index (Phi) is 4.42.